The van der Waals surface area contributed by atoms with Crippen LogP contribution in [-0.2, 0) is 4.79 Å². The van der Waals surface area contributed by atoms with Gasteiger partial charge in [0.05, 0.1) is 18.2 Å². The molecule has 0 spiro atoms. The van der Waals surface area contributed by atoms with Crippen LogP contribution in [-0.4, -0.2) is 28.5 Å². The van der Waals surface area contributed by atoms with Crippen LogP contribution in [0.15, 0.2) is 54.7 Å². The van der Waals surface area contributed by atoms with Crippen LogP contribution in [0, 0.1) is 5.92 Å². The first kappa shape index (κ1) is 17.3. The number of amides is 1. The number of hydrogen-bond donors (Lipinski definition) is 3. The number of carboxylic acid groups (broad SMARTS) is 1. The number of fused-ring (bicyclic) bond motifs is 3. The summed E-state index contributed by atoms with van der Waals surface area (Å²) in [6.45, 7) is 0.122. The van der Waals surface area contributed by atoms with Gasteiger partial charge in [0.25, 0.3) is 5.91 Å². The Balaban J connectivity index is 1.59. The van der Waals surface area contributed by atoms with Gasteiger partial charge in [-0.15, -0.1) is 0 Å². The highest BCUT2D eigenvalue weighted by molar-refractivity contribution is 5.95. The molecule has 4 rings (SSSR count). The summed E-state index contributed by atoms with van der Waals surface area (Å²) in [5.41, 5.74) is 3.70. The van der Waals surface area contributed by atoms with E-state index in [0.29, 0.717) is 11.5 Å². The van der Waals surface area contributed by atoms with Crippen molar-refractivity contribution in [1.29, 1.82) is 0 Å². The van der Waals surface area contributed by atoms with Gasteiger partial charge >= 0.3 is 5.97 Å². The molecule has 6 nitrogen and oxygen atoms in total. The predicted octanol–water partition coefficient (Wildman–Crippen LogP) is 3.11. The van der Waals surface area contributed by atoms with E-state index in [-0.39, 0.29) is 30.8 Å². The Bertz CT molecular complexity index is 895. The minimum atomic E-state index is -0.926. The summed E-state index contributed by atoms with van der Waals surface area (Å²) in [7, 11) is 0. The molecular formula is C21H21N3O3. The highest BCUT2D eigenvalue weighted by Gasteiger charge is 2.38. The molecule has 3 unspecified atom stereocenters. The van der Waals surface area contributed by atoms with Crippen molar-refractivity contribution < 1.29 is 14.7 Å². The second-order valence-electron chi connectivity index (χ2n) is 6.93. The van der Waals surface area contributed by atoms with Crippen molar-refractivity contribution in [2.75, 3.05) is 11.9 Å². The number of carbonyl (C=O) groups excluding carboxylic acids is 1. The van der Waals surface area contributed by atoms with Crippen LogP contribution in [0.3, 0.4) is 0 Å². The minimum absolute atomic E-state index is 0.0859. The van der Waals surface area contributed by atoms with Crippen molar-refractivity contribution in [2.24, 2.45) is 5.92 Å². The van der Waals surface area contributed by atoms with E-state index >= 15 is 0 Å². The molecule has 2 aromatic rings. The molecule has 3 atom stereocenters. The van der Waals surface area contributed by atoms with Gasteiger partial charge < -0.3 is 15.7 Å². The summed E-state index contributed by atoms with van der Waals surface area (Å²) < 4.78 is 0. The van der Waals surface area contributed by atoms with Crippen LogP contribution in [0.25, 0.3) is 0 Å². The van der Waals surface area contributed by atoms with E-state index in [2.05, 4.69) is 27.8 Å². The van der Waals surface area contributed by atoms with Crippen molar-refractivity contribution >= 4 is 17.6 Å². The first-order chi connectivity index (χ1) is 13.1. The maximum atomic E-state index is 12.3. The highest BCUT2D eigenvalue weighted by Crippen LogP contribution is 2.49. The van der Waals surface area contributed by atoms with Crippen LogP contribution >= 0.6 is 0 Å². The lowest BCUT2D eigenvalue weighted by atomic mass is 9.77. The molecule has 1 aliphatic carbocycles. The van der Waals surface area contributed by atoms with Gasteiger partial charge in [0.2, 0.25) is 0 Å². The maximum absolute atomic E-state index is 12.3. The summed E-state index contributed by atoms with van der Waals surface area (Å²) >= 11 is 0. The molecule has 2 aliphatic rings. The molecule has 1 aromatic carbocycles. The van der Waals surface area contributed by atoms with E-state index in [1.165, 1.54) is 0 Å². The van der Waals surface area contributed by atoms with Gasteiger partial charge in [0.15, 0.2) is 0 Å². The van der Waals surface area contributed by atoms with E-state index in [1.54, 1.807) is 6.07 Å². The normalized spacial score (nSPS) is 22.4. The average molecular weight is 363 g/mol. The van der Waals surface area contributed by atoms with Gasteiger partial charge in [-0.2, -0.15) is 0 Å². The third-order valence-corrected chi connectivity index (χ3v) is 5.26. The van der Waals surface area contributed by atoms with E-state index in [9.17, 15) is 9.59 Å². The standard InChI is InChI=1S/C21H21N3O3/c25-19(26)9-11-23-21(27)13-7-8-17-16(12-13)14-4-3-5-15(14)20(24-17)18-6-1-2-10-22-18/h1-4,6-8,10,12,14-15,20,24H,5,9,11H2,(H,23,27)(H,25,26). The van der Waals surface area contributed by atoms with Crippen molar-refractivity contribution in [1.82, 2.24) is 10.3 Å². The second kappa shape index (κ2) is 7.23. The zero-order valence-electron chi connectivity index (χ0n) is 14.8. The fourth-order valence-electron chi connectivity index (χ4n) is 3.97. The number of carbonyl (C=O) groups is 2. The van der Waals surface area contributed by atoms with Crippen molar-refractivity contribution in [2.45, 2.75) is 24.8 Å². The molecule has 27 heavy (non-hydrogen) atoms. The lowest BCUT2D eigenvalue weighted by molar-refractivity contribution is -0.136. The van der Waals surface area contributed by atoms with Crippen LogP contribution in [0.1, 0.15) is 46.4 Å². The molecule has 1 aliphatic heterocycles. The smallest absolute Gasteiger partial charge is 0.305 e. The van der Waals surface area contributed by atoms with Crippen molar-refractivity contribution in [3.05, 3.63) is 71.6 Å². The Morgan fingerprint density at radius 3 is 2.93 bits per heavy atom. The highest BCUT2D eigenvalue weighted by atomic mass is 16.4. The van der Waals surface area contributed by atoms with Crippen molar-refractivity contribution in [3.8, 4) is 0 Å². The number of aromatic nitrogens is 1. The zero-order chi connectivity index (χ0) is 18.8. The molecule has 138 valence electrons. The number of nitrogens with zero attached hydrogens (tertiary/aromatic N) is 1. The average Bonchev–Trinajstić information content (AvgIpc) is 3.17. The maximum Gasteiger partial charge on any atom is 0.305 e. The van der Waals surface area contributed by atoms with Gasteiger partial charge in [0, 0.05) is 29.9 Å². The Hall–Kier alpha value is -3.15. The molecule has 0 saturated heterocycles. The number of pyridine rings is 1. The predicted molar refractivity (Wildman–Crippen MR) is 102 cm³/mol. The molecule has 2 heterocycles. The SMILES string of the molecule is O=C(O)CCNC(=O)c1ccc2c(c1)C1C=CCC1C(c1ccccn1)N2. The fraction of sp³-hybridized carbons (Fsp3) is 0.286. The van der Waals surface area contributed by atoms with E-state index < -0.39 is 5.97 Å². The van der Waals surface area contributed by atoms with E-state index in [4.69, 9.17) is 5.11 Å². The number of allylic oxidation sites excluding steroid dienone is 2. The number of carboxylic acids is 1. The number of rotatable bonds is 5. The number of aliphatic carboxylic acids is 1. The fourth-order valence-corrected chi connectivity index (χ4v) is 3.97. The monoisotopic (exact) mass is 363 g/mol. The van der Waals surface area contributed by atoms with Gasteiger partial charge in [-0.05, 0) is 48.2 Å². The third-order valence-electron chi connectivity index (χ3n) is 5.26. The molecule has 0 saturated carbocycles. The third kappa shape index (κ3) is 3.43. The number of nitrogens with one attached hydrogen (secondary N) is 2. The summed E-state index contributed by atoms with van der Waals surface area (Å²) in [4.78, 5) is 27.5. The van der Waals surface area contributed by atoms with Gasteiger partial charge in [-0.1, -0.05) is 18.2 Å². The molecule has 0 radical (unpaired) electrons. The van der Waals surface area contributed by atoms with Gasteiger partial charge in [-0.3, -0.25) is 14.6 Å². The van der Waals surface area contributed by atoms with Gasteiger partial charge in [0.1, 0.15) is 0 Å². The molecule has 3 N–H and O–H groups in total. The number of anilines is 1. The molecule has 1 aromatic heterocycles. The van der Waals surface area contributed by atoms with Crippen LogP contribution in [0.2, 0.25) is 0 Å². The quantitative estimate of drug-likeness (QED) is 0.710. The van der Waals surface area contributed by atoms with Crippen LogP contribution < -0.4 is 10.6 Å². The number of hydrogen-bond acceptors (Lipinski definition) is 4. The summed E-state index contributed by atoms with van der Waals surface area (Å²) in [5, 5.41) is 15.0. The Morgan fingerprint density at radius 1 is 1.26 bits per heavy atom. The molecule has 1 amide bonds. The Labute approximate surface area is 157 Å². The molecular weight excluding hydrogens is 342 g/mol. The van der Waals surface area contributed by atoms with Crippen molar-refractivity contribution in [3.63, 3.8) is 0 Å². The largest absolute Gasteiger partial charge is 0.481 e. The zero-order valence-corrected chi connectivity index (χ0v) is 14.8. The lowest BCUT2D eigenvalue weighted by Crippen LogP contribution is -2.30. The van der Waals surface area contributed by atoms with Crippen LogP contribution in [0.5, 0.6) is 0 Å². The lowest BCUT2D eigenvalue weighted by Gasteiger charge is -2.37. The topological polar surface area (TPSA) is 91.3 Å². The second-order valence-corrected chi connectivity index (χ2v) is 6.93. The Morgan fingerprint density at radius 2 is 2.15 bits per heavy atom. The number of benzene rings is 1. The molecule has 6 heteroatoms. The molecule has 0 bridgehead atoms. The summed E-state index contributed by atoms with van der Waals surface area (Å²) in [5.74, 6) is -0.577. The molecule has 0 fully saturated rings. The van der Waals surface area contributed by atoms with E-state index in [1.807, 2.05) is 36.5 Å². The first-order valence-corrected chi connectivity index (χ1v) is 9.11. The minimum Gasteiger partial charge on any atom is -0.481 e. The summed E-state index contributed by atoms with van der Waals surface area (Å²) in [6, 6.07) is 11.7. The Kier molecular flexibility index (Phi) is 4.62. The van der Waals surface area contributed by atoms with Gasteiger partial charge in [-0.25, -0.2) is 0 Å². The van der Waals surface area contributed by atoms with E-state index in [0.717, 1.165) is 23.4 Å². The van der Waals surface area contributed by atoms with Crippen LogP contribution in [0.4, 0.5) is 5.69 Å². The summed E-state index contributed by atoms with van der Waals surface area (Å²) in [6.07, 6.45) is 7.10. The first-order valence-electron chi connectivity index (χ1n) is 9.11.